The fraction of sp³-hybridized carbons (Fsp3) is 0.867. The van der Waals surface area contributed by atoms with E-state index in [4.69, 9.17) is 9.26 Å². The van der Waals surface area contributed by atoms with Crippen molar-refractivity contribution < 1.29 is 9.26 Å². The molecule has 2 aliphatic rings. The largest absolute Gasteiger partial charge is 0.367 e. The molecule has 2 unspecified atom stereocenters. The molecule has 0 amide bonds. The van der Waals surface area contributed by atoms with E-state index < -0.39 is 0 Å². The van der Waals surface area contributed by atoms with Crippen LogP contribution in [0.1, 0.15) is 70.6 Å². The van der Waals surface area contributed by atoms with Gasteiger partial charge in [-0.1, -0.05) is 19.0 Å². The van der Waals surface area contributed by atoms with Crippen molar-refractivity contribution in [3.63, 3.8) is 0 Å². The Bertz CT molecular complexity index is 463. The van der Waals surface area contributed by atoms with Crippen LogP contribution < -0.4 is 5.32 Å². The second-order valence-corrected chi connectivity index (χ2v) is 6.97. The summed E-state index contributed by atoms with van der Waals surface area (Å²) in [5.74, 6) is 1.41. The fourth-order valence-corrected chi connectivity index (χ4v) is 3.31. The Morgan fingerprint density at radius 3 is 2.70 bits per heavy atom. The molecule has 2 aliphatic heterocycles. The van der Waals surface area contributed by atoms with Crippen LogP contribution in [0.5, 0.6) is 0 Å². The molecule has 0 bridgehead atoms. The number of hydrogen-bond donors (Lipinski definition) is 1. The van der Waals surface area contributed by atoms with Gasteiger partial charge in [0.1, 0.15) is 5.60 Å². The monoisotopic (exact) mass is 279 g/mol. The third-order valence-corrected chi connectivity index (χ3v) is 4.76. The number of nitrogens with one attached hydrogen (secondary N) is 1. The molecule has 0 saturated carbocycles. The van der Waals surface area contributed by atoms with E-state index in [-0.39, 0.29) is 17.1 Å². The van der Waals surface area contributed by atoms with Crippen LogP contribution in [0.3, 0.4) is 0 Å². The zero-order valence-corrected chi connectivity index (χ0v) is 12.7. The number of hydrogen-bond acceptors (Lipinski definition) is 5. The first-order chi connectivity index (χ1) is 9.51. The molecular formula is C15H25N3O2. The normalized spacial score (nSPS) is 34.0. The Balaban J connectivity index is 1.82. The standard InChI is InChI=1S/C15H25N3O2/c1-14(2)7-6-9-16-11(14)12-17-13(18-20-12)15(3)8-4-5-10-19-15/h11,16H,4-10H2,1-3H3. The van der Waals surface area contributed by atoms with Gasteiger partial charge in [0.2, 0.25) is 11.7 Å². The highest BCUT2D eigenvalue weighted by atomic mass is 16.5. The van der Waals surface area contributed by atoms with Gasteiger partial charge in [0.05, 0.1) is 6.04 Å². The summed E-state index contributed by atoms with van der Waals surface area (Å²) in [4.78, 5) is 4.66. The SMILES string of the molecule is CC1(c2noc(C3NCCCC3(C)C)n2)CCCCO1. The van der Waals surface area contributed by atoms with Crippen molar-refractivity contribution in [2.24, 2.45) is 5.41 Å². The van der Waals surface area contributed by atoms with Gasteiger partial charge in [-0.05, 0) is 51.0 Å². The number of aromatic nitrogens is 2. The summed E-state index contributed by atoms with van der Waals surface area (Å²) >= 11 is 0. The summed E-state index contributed by atoms with van der Waals surface area (Å²) in [6.45, 7) is 8.38. The minimum absolute atomic E-state index is 0.143. The van der Waals surface area contributed by atoms with Crippen LogP contribution in [0.4, 0.5) is 0 Å². The highest BCUT2D eigenvalue weighted by Gasteiger charge is 2.40. The van der Waals surface area contributed by atoms with Gasteiger partial charge in [-0.15, -0.1) is 0 Å². The Labute approximate surface area is 120 Å². The quantitative estimate of drug-likeness (QED) is 0.902. The molecule has 1 aromatic heterocycles. The van der Waals surface area contributed by atoms with E-state index in [0.717, 1.165) is 32.4 Å². The van der Waals surface area contributed by atoms with Crippen LogP contribution in [-0.2, 0) is 10.3 Å². The smallest absolute Gasteiger partial charge is 0.244 e. The molecule has 3 heterocycles. The molecule has 2 atom stereocenters. The maximum Gasteiger partial charge on any atom is 0.244 e. The van der Waals surface area contributed by atoms with E-state index in [1.165, 1.54) is 12.8 Å². The minimum atomic E-state index is -0.376. The van der Waals surface area contributed by atoms with E-state index in [2.05, 4.69) is 36.2 Å². The van der Waals surface area contributed by atoms with Crippen LogP contribution in [0.2, 0.25) is 0 Å². The van der Waals surface area contributed by atoms with Crippen molar-refractivity contribution in [1.29, 1.82) is 0 Å². The van der Waals surface area contributed by atoms with Gasteiger partial charge in [-0.25, -0.2) is 0 Å². The minimum Gasteiger partial charge on any atom is -0.367 e. The van der Waals surface area contributed by atoms with Crippen LogP contribution >= 0.6 is 0 Å². The van der Waals surface area contributed by atoms with Crippen molar-refractivity contribution >= 4 is 0 Å². The zero-order chi connectivity index (χ0) is 14.2. The van der Waals surface area contributed by atoms with E-state index in [1.807, 2.05) is 0 Å². The van der Waals surface area contributed by atoms with Crippen molar-refractivity contribution in [3.05, 3.63) is 11.7 Å². The van der Waals surface area contributed by atoms with E-state index in [1.54, 1.807) is 0 Å². The maximum atomic E-state index is 5.90. The molecule has 0 spiro atoms. The third kappa shape index (κ3) is 2.49. The third-order valence-electron chi connectivity index (χ3n) is 4.76. The van der Waals surface area contributed by atoms with Gasteiger partial charge in [0, 0.05) is 6.61 Å². The summed E-state index contributed by atoms with van der Waals surface area (Å²) in [7, 11) is 0. The van der Waals surface area contributed by atoms with Gasteiger partial charge < -0.3 is 14.6 Å². The lowest BCUT2D eigenvalue weighted by molar-refractivity contribution is -0.0770. The fourth-order valence-electron chi connectivity index (χ4n) is 3.31. The summed E-state index contributed by atoms with van der Waals surface area (Å²) in [5, 5.41) is 7.72. The summed E-state index contributed by atoms with van der Waals surface area (Å²) in [6, 6.07) is 0.143. The van der Waals surface area contributed by atoms with E-state index in [9.17, 15) is 0 Å². The van der Waals surface area contributed by atoms with Gasteiger partial charge >= 0.3 is 0 Å². The Morgan fingerprint density at radius 2 is 2.00 bits per heavy atom. The molecule has 2 fully saturated rings. The van der Waals surface area contributed by atoms with Crippen molar-refractivity contribution in [1.82, 2.24) is 15.5 Å². The van der Waals surface area contributed by atoms with Crippen molar-refractivity contribution in [3.8, 4) is 0 Å². The average molecular weight is 279 g/mol. The number of piperidine rings is 1. The Kier molecular flexibility index (Phi) is 3.58. The summed E-state index contributed by atoms with van der Waals surface area (Å²) < 4.78 is 11.5. The first-order valence-electron chi connectivity index (χ1n) is 7.73. The Morgan fingerprint density at radius 1 is 1.15 bits per heavy atom. The number of ether oxygens (including phenoxy) is 1. The highest BCUT2D eigenvalue weighted by molar-refractivity contribution is 5.06. The van der Waals surface area contributed by atoms with Crippen LogP contribution in [0.25, 0.3) is 0 Å². The molecule has 2 saturated heterocycles. The molecule has 1 N–H and O–H groups in total. The second kappa shape index (κ2) is 5.11. The molecule has 112 valence electrons. The van der Waals surface area contributed by atoms with E-state index in [0.29, 0.717) is 11.7 Å². The number of nitrogens with zero attached hydrogens (tertiary/aromatic N) is 2. The van der Waals surface area contributed by atoms with Crippen LogP contribution in [0.15, 0.2) is 4.52 Å². The first-order valence-corrected chi connectivity index (χ1v) is 7.73. The van der Waals surface area contributed by atoms with Crippen molar-refractivity contribution in [2.75, 3.05) is 13.2 Å². The molecule has 0 aliphatic carbocycles. The van der Waals surface area contributed by atoms with E-state index >= 15 is 0 Å². The van der Waals surface area contributed by atoms with Gasteiger partial charge in [-0.3, -0.25) is 0 Å². The predicted octanol–water partition coefficient (Wildman–Crippen LogP) is 2.94. The number of rotatable bonds is 2. The molecular weight excluding hydrogens is 254 g/mol. The van der Waals surface area contributed by atoms with Crippen LogP contribution in [-0.4, -0.2) is 23.3 Å². The molecule has 0 aromatic carbocycles. The lowest BCUT2D eigenvalue weighted by Crippen LogP contribution is -2.40. The van der Waals surface area contributed by atoms with Gasteiger partial charge in [0.15, 0.2) is 0 Å². The predicted molar refractivity (Wildman–Crippen MR) is 75.2 cm³/mol. The molecule has 20 heavy (non-hydrogen) atoms. The summed E-state index contributed by atoms with van der Waals surface area (Å²) in [5.41, 5.74) is -0.227. The lowest BCUT2D eigenvalue weighted by Gasteiger charge is -2.37. The zero-order valence-electron chi connectivity index (χ0n) is 12.7. The molecule has 1 aromatic rings. The first kappa shape index (κ1) is 14.0. The second-order valence-electron chi connectivity index (χ2n) is 6.97. The highest BCUT2D eigenvalue weighted by Crippen LogP contribution is 2.40. The molecule has 5 nitrogen and oxygen atoms in total. The molecule has 0 radical (unpaired) electrons. The van der Waals surface area contributed by atoms with Gasteiger partial charge in [0.25, 0.3) is 0 Å². The maximum absolute atomic E-state index is 5.90. The van der Waals surface area contributed by atoms with Crippen molar-refractivity contribution in [2.45, 2.75) is 64.5 Å². The average Bonchev–Trinajstić information content (AvgIpc) is 2.89. The summed E-state index contributed by atoms with van der Waals surface area (Å²) in [6.07, 6.45) is 5.62. The van der Waals surface area contributed by atoms with Crippen LogP contribution in [0, 0.1) is 5.41 Å². The lowest BCUT2D eigenvalue weighted by atomic mass is 9.77. The Hall–Kier alpha value is -0.940. The molecule has 5 heteroatoms. The molecule has 3 rings (SSSR count). The topological polar surface area (TPSA) is 60.2 Å². The van der Waals surface area contributed by atoms with Gasteiger partial charge in [-0.2, -0.15) is 4.98 Å².